The summed E-state index contributed by atoms with van der Waals surface area (Å²) in [5, 5.41) is 0. The number of ether oxygens (including phenoxy) is 1. The van der Waals surface area contributed by atoms with Gasteiger partial charge in [-0.25, -0.2) is 8.42 Å². The fourth-order valence-electron chi connectivity index (χ4n) is 8.08. The fourth-order valence-corrected chi connectivity index (χ4v) is 8.56. The van der Waals surface area contributed by atoms with E-state index in [2.05, 4.69) is 132 Å². The van der Waals surface area contributed by atoms with Gasteiger partial charge in [0.25, 0.3) is 0 Å². The van der Waals surface area contributed by atoms with Gasteiger partial charge in [-0.15, -0.1) is 0 Å². The Morgan fingerprint density at radius 2 is 1.60 bits per heavy atom. The zero-order chi connectivity index (χ0) is 37.5. The van der Waals surface area contributed by atoms with E-state index in [0.717, 1.165) is 59.9 Å². The number of anilines is 1. The predicted octanol–water partition coefficient (Wildman–Crippen LogP) is 10.00. The van der Waals surface area contributed by atoms with Crippen LogP contribution in [0.5, 0.6) is 5.75 Å². The number of rotatable bonds is 10. The van der Waals surface area contributed by atoms with Crippen molar-refractivity contribution in [1.82, 2.24) is 0 Å². The maximum absolute atomic E-state index is 11.6. The molecule has 0 bridgehead atoms. The van der Waals surface area contributed by atoms with Crippen molar-refractivity contribution in [3.63, 3.8) is 0 Å². The molecule has 0 unspecified atom stereocenters. The molecule has 6 nitrogen and oxygen atoms in total. The lowest BCUT2D eigenvalue weighted by molar-refractivity contribution is -0.437. The Hall–Kier alpha value is -4.20. The van der Waals surface area contributed by atoms with Crippen molar-refractivity contribution in [3.8, 4) is 5.75 Å². The minimum absolute atomic E-state index is 0.0234. The number of hydrogen-bond acceptors (Lipinski definition) is 5. The van der Waals surface area contributed by atoms with Crippen LogP contribution in [0.2, 0.25) is 0 Å². The molecule has 0 saturated carbocycles. The Kier molecular flexibility index (Phi) is 10.3. The van der Waals surface area contributed by atoms with Gasteiger partial charge in [0, 0.05) is 53.2 Å². The van der Waals surface area contributed by atoms with E-state index >= 15 is 0 Å². The molecule has 0 amide bonds. The van der Waals surface area contributed by atoms with E-state index in [1.54, 1.807) is 0 Å². The Bertz CT molecular complexity index is 2110. The van der Waals surface area contributed by atoms with Gasteiger partial charge >= 0.3 is 0 Å². The number of benzene rings is 3. The standard InChI is InChI=1S/C45H54N2O4S/c1-9-46-38-22-14-13-21-36(38)44(5,6)40(46)27-23-32-17-15-18-33(42(32)51-35-19-11-10-12-20-35)24-28-41-45(7,8)37-31-34(43(2,3)4)25-26-39(37)47(41)29-16-30-52(48,49)50/h10-14,19-28,31H,9,15-18,29-30H2,1-8H3. The Morgan fingerprint density at radius 3 is 2.29 bits per heavy atom. The van der Waals surface area contributed by atoms with Gasteiger partial charge in [-0.3, -0.25) is 0 Å². The first kappa shape index (κ1) is 37.6. The number of allylic oxidation sites excluding steroid dienone is 7. The molecule has 7 heteroatoms. The molecule has 6 rings (SSSR count). The Morgan fingerprint density at radius 1 is 0.885 bits per heavy atom. The Labute approximate surface area is 311 Å². The van der Waals surface area contributed by atoms with Crippen LogP contribution in [0.1, 0.15) is 97.8 Å². The second-order valence-electron chi connectivity index (χ2n) is 16.3. The summed E-state index contributed by atoms with van der Waals surface area (Å²) in [7, 11) is -4.32. The van der Waals surface area contributed by atoms with E-state index in [4.69, 9.17) is 4.74 Å². The van der Waals surface area contributed by atoms with Crippen molar-refractivity contribution in [2.45, 2.75) is 97.3 Å². The molecule has 274 valence electrons. The van der Waals surface area contributed by atoms with Gasteiger partial charge in [0.15, 0.2) is 5.71 Å². The highest BCUT2D eigenvalue weighted by Gasteiger charge is 2.45. The molecule has 0 aromatic heterocycles. The molecule has 0 atom stereocenters. The molecular weight excluding hydrogens is 665 g/mol. The summed E-state index contributed by atoms with van der Waals surface area (Å²) >= 11 is 0. The maximum atomic E-state index is 11.6. The summed E-state index contributed by atoms with van der Waals surface area (Å²) in [5.41, 5.74) is 10.3. The molecule has 0 saturated heterocycles. The smallest absolute Gasteiger partial charge is 0.209 e. The van der Waals surface area contributed by atoms with Crippen LogP contribution in [0.4, 0.5) is 11.4 Å². The van der Waals surface area contributed by atoms with E-state index in [-0.39, 0.29) is 22.7 Å². The quantitative estimate of drug-likeness (QED) is 0.154. The summed E-state index contributed by atoms with van der Waals surface area (Å²) in [6.45, 7) is 19.3. The fraction of sp³-hybridized carbons (Fsp3) is 0.400. The summed E-state index contributed by atoms with van der Waals surface area (Å²) in [4.78, 5) is 2.42. The van der Waals surface area contributed by atoms with E-state index < -0.39 is 15.9 Å². The first-order valence-electron chi connectivity index (χ1n) is 18.7. The third-order valence-corrected chi connectivity index (χ3v) is 11.8. The number of fused-ring (bicyclic) bond motifs is 2. The van der Waals surface area contributed by atoms with E-state index in [0.29, 0.717) is 6.54 Å². The molecule has 0 spiro atoms. The molecule has 0 N–H and O–H groups in total. The van der Waals surface area contributed by atoms with Crippen LogP contribution in [0.25, 0.3) is 0 Å². The summed E-state index contributed by atoms with van der Waals surface area (Å²) in [6, 6.07) is 25.3. The summed E-state index contributed by atoms with van der Waals surface area (Å²) in [6.07, 6.45) is 12.0. The first-order valence-corrected chi connectivity index (χ1v) is 20.3. The monoisotopic (exact) mass is 718 g/mol. The highest BCUT2D eigenvalue weighted by molar-refractivity contribution is 7.85. The van der Waals surface area contributed by atoms with Gasteiger partial charge in [-0.1, -0.05) is 83.2 Å². The number of nitrogens with zero attached hydrogens (tertiary/aromatic N) is 2. The minimum atomic E-state index is -4.32. The van der Waals surface area contributed by atoms with Crippen LogP contribution < -0.4 is 9.64 Å². The van der Waals surface area contributed by atoms with Gasteiger partial charge in [0.05, 0.1) is 15.5 Å². The van der Waals surface area contributed by atoms with Gasteiger partial charge in [-0.05, 0) is 104 Å². The molecule has 2 aliphatic heterocycles. The third kappa shape index (κ3) is 7.49. The average molecular weight is 719 g/mol. The second kappa shape index (κ2) is 14.3. The van der Waals surface area contributed by atoms with Crippen LogP contribution in [0.15, 0.2) is 120 Å². The normalized spacial score (nSPS) is 20.0. The van der Waals surface area contributed by atoms with Crippen molar-refractivity contribution < 1.29 is 22.3 Å². The highest BCUT2D eigenvalue weighted by Crippen LogP contribution is 2.48. The lowest BCUT2D eigenvalue weighted by Crippen LogP contribution is -2.28. The van der Waals surface area contributed by atoms with Crippen LogP contribution in [0.3, 0.4) is 0 Å². The summed E-state index contributed by atoms with van der Waals surface area (Å²) in [5.74, 6) is 1.29. The van der Waals surface area contributed by atoms with Crippen molar-refractivity contribution >= 4 is 27.2 Å². The second-order valence-corrected chi connectivity index (χ2v) is 17.9. The lowest BCUT2D eigenvalue weighted by atomic mass is 9.78. The molecule has 0 fully saturated rings. The van der Waals surface area contributed by atoms with Gasteiger partial charge in [-0.2, -0.15) is 4.58 Å². The molecule has 0 radical (unpaired) electrons. The molecule has 2 heterocycles. The van der Waals surface area contributed by atoms with Crippen molar-refractivity contribution in [3.05, 3.63) is 136 Å². The largest absolute Gasteiger partial charge is 0.748 e. The van der Waals surface area contributed by atoms with Crippen molar-refractivity contribution in [2.75, 3.05) is 23.7 Å². The van der Waals surface area contributed by atoms with Crippen LogP contribution in [0, 0.1) is 0 Å². The van der Waals surface area contributed by atoms with Gasteiger partial charge in [0.1, 0.15) is 18.1 Å². The zero-order valence-electron chi connectivity index (χ0n) is 32.1. The molecular formula is C45H54N2O4S. The van der Waals surface area contributed by atoms with Gasteiger partial charge < -0.3 is 14.2 Å². The molecule has 52 heavy (non-hydrogen) atoms. The average Bonchev–Trinajstić information content (AvgIpc) is 3.44. The lowest BCUT2D eigenvalue weighted by Gasteiger charge is -2.26. The van der Waals surface area contributed by atoms with Crippen LogP contribution >= 0.6 is 0 Å². The zero-order valence-corrected chi connectivity index (χ0v) is 32.9. The van der Waals surface area contributed by atoms with Crippen molar-refractivity contribution in [2.24, 2.45) is 0 Å². The first-order chi connectivity index (χ1) is 24.5. The predicted molar refractivity (Wildman–Crippen MR) is 213 cm³/mol. The number of hydrogen-bond donors (Lipinski definition) is 0. The highest BCUT2D eigenvalue weighted by atomic mass is 32.2. The topological polar surface area (TPSA) is 72.7 Å². The molecule has 3 aromatic carbocycles. The molecule has 1 aliphatic carbocycles. The maximum Gasteiger partial charge on any atom is 0.209 e. The molecule has 3 aliphatic rings. The van der Waals surface area contributed by atoms with E-state index in [1.807, 2.05) is 30.3 Å². The number of likely N-dealkylation sites (N-methyl/N-ethyl adjacent to an activating group) is 1. The third-order valence-electron chi connectivity index (χ3n) is 11.0. The SMILES string of the molecule is CCN1/C(=C/C=C2\CCCC(/C=C/C3=[N+](CCCS(=O)(=O)[O-])c4ccc(C(C)(C)C)cc4C3(C)C)=C2Oc2ccccc2)C(C)(C)c2ccccc21. The van der Waals surface area contributed by atoms with Gasteiger partial charge in [0.2, 0.25) is 5.69 Å². The van der Waals surface area contributed by atoms with Crippen molar-refractivity contribution in [1.29, 1.82) is 0 Å². The van der Waals surface area contributed by atoms with Crippen LogP contribution in [-0.4, -0.2) is 42.1 Å². The van der Waals surface area contributed by atoms with E-state index in [1.165, 1.54) is 28.1 Å². The van der Waals surface area contributed by atoms with E-state index in [9.17, 15) is 13.0 Å². The number of para-hydroxylation sites is 2. The van der Waals surface area contributed by atoms with Crippen LogP contribution in [-0.2, 0) is 26.4 Å². The molecule has 3 aromatic rings. The summed E-state index contributed by atoms with van der Waals surface area (Å²) < 4.78 is 43.8. The Balaban J connectivity index is 1.45. The minimum Gasteiger partial charge on any atom is -0.748 e.